The molecule has 0 radical (unpaired) electrons. The van der Waals surface area contributed by atoms with Gasteiger partial charge in [-0.05, 0) is 63.5 Å². The van der Waals surface area contributed by atoms with Gasteiger partial charge in [-0.2, -0.15) is 0 Å². The van der Waals surface area contributed by atoms with Crippen LogP contribution in [0.1, 0.15) is 62.2 Å². The quantitative estimate of drug-likeness (QED) is 0.546. The molecule has 1 aliphatic rings. The third-order valence-electron chi connectivity index (χ3n) is 5.12. The summed E-state index contributed by atoms with van der Waals surface area (Å²) >= 11 is 1.25. The van der Waals surface area contributed by atoms with Crippen LogP contribution in [-0.4, -0.2) is 34.9 Å². The zero-order valence-corrected chi connectivity index (χ0v) is 15.9. The summed E-state index contributed by atoms with van der Waals surface area (Å²) in [5.74, 6) is 0.131. The number of Topliss-reactive ketones (excluding diaryl/α,β-unsaturated/α-hetero) is 1. The van der Waals surface area contributed by atoms with Crippen molar-refractivity contribution >= 4 is 27.3 Å². The van der Waals surface area contributed by atoms with Crippen molar-refractivity contribution in [3.05, 3.63) is 33.4 Å². The van der Waals surface area contributed by atoms with Gasteiger partial charge in [-0.1, -0.05) is 31.1 Å². The van der Waals surface area contributed by atoms with Crippen LogP contribution in [0.4, 0.5) is 0 Å². The Bertz CT molecular complexity index is 770. The Morgan fingerprint density at radius 1 is 1.08 bits per heavy atom. The number of hydrogen-bond acceptors (Lipinski definition) is 4. The van der Waals surface area contributed by atoms with Crippen molar-refractivity contribution in [1.82, 2.24) is 9.47 Å². The average Bonchev–Trinajstić information content (AvgIpc) is 2.79. The SMILES string of the molecule is CCC(=O)c1ccc2c(c1)sc(=O)n2CCCCN1CCCCCC1. The summed E-state index contributed by atoms with van der Waals surface area (Å²) in [5, 5.41) is 0. The summed E-state index contributed by atoms with van der Waals surface area (Å²) in [6, 6.07) is 5.67. The van der Waals surface area contributed by atoms with Gasteiger partial charge in [0.2, 0.25) is 0 Å². The first-order valence-electron chi connectivity index (χ1n) is 9.58. The highest BCUT2D eigenvalue weighted by Crippen LogP contribution is 2.20. The van der Waals surface area contributed by atoms with Crippen LogP contribution in [0.25, 0.3) is 10.2 Å². The molecule has 0 N–H and O–H groups in total. The molecule has 1 saturated heterocycles. The summed E-state index contributed by atoms with van der Waals surface area (Å²) in [6.07, 6.45) is 8.05. The highest BCUT2D eigenvalue weighted by molar-refractivity contribution is 7.16. The maximum atomic E-state index is 12.3. The fourth-order valence-electron chi connectivity index (χ4n) is 3.62. The molecule has 0 spiro atoms. The monoisotopic (exact) mass is 360 g/mol. The number of aromatic nitrogens is 1. The number of unbranched alkanes of at least 4 members (excludes halogenated alkanes) is 1. The van der Waals surface area contributed by atoms with Gasteiger partial charge in [-0.15, -0.1) is 0 Å². The molecule has 1 aromatic carbocycles. The molecule has 3 rings (SSSR count). The molecular formula is C20H28N2O2S. The summed E-state index contributed by atoms with van der Waals surface area (Å²) in [4.78, 5) is 26.8. The van der Waals surface area contributed by atoms with E-state index in [-0.39, 0.29) is 10.7 Å². The third-order valence-corrected chi connectivity index (χ3v) is 6.06. The van der Waals surface area contributed by atoms with Crippen molar-refractivity contribution in [3.63, 3.8) is 0 Å². The third kappa shape index (κ3) is 4.59. The lowest BCUT2D eigenvalue weighted by Gasteiger charge is -2.19. The van der Waals surface area contributed by atoms with E-state index in [2.05, 4.69) is 4.90 Å². The van der Waals surface area contributed by atoms with Gasteiger partial charge in [0.1, 0.15) is 0 Å². The van der Waals surface area contributed by atoms with Crippen molar-refractivity contribution < 1.29 is 4.79 Å². The molecule has 5 heteroatoms. The molecule has 4 nitrogen and oxygen atoms in total. The fourth-order valence-corrected chi connectivity index (χ4v) is 4.58. The van der Waals surface area contributed by atoms with Gasteiger partial charge in [0.25, 0.3) is 0 Å². The summed E-state index contributed by atoms with van der Waals surface area (Å²) in [6.45, 7) is 6.25. The van der Waals surface area contributed by atoms with Crippen LogP contribution in [0.3, 0.4) is 0 Å². The minimum Gasteiger partial charge on any atom is -0.303 e. The van der Waals surface area contributed by atoms with E-state index in [9.17, 15) is 9.59 Å². The molecule has 0 amide bonds. The molecular weight excluding hydrogens is 332 g/mol. The Labute approximate surface area is 153 Å². The molecule has 1 fully saturated rings. The highest BCUT2D eigenvalue weighted by atomic mass is 32.1. The van der Waals surface area contributed by atoms with Crippen LogP contribution >= 0.6 is 11.3 Å². The number of rotatable bonds is 7. The summed E-state index contributed by atoms with van der Waals surface area (Å²) in [7, 11) is 0. The lowest BCUT2D eigenvalue weighted by Crippen LogP contribution is -2.26. The molecule has 136 valence electrons. The Morgan fingerprint density at radius 3 is 2.52 bits per heavy atom. The van der Waals surface area contributed by atoms with Crippen molar-refractivity contribution in [1.29, 1.82) is 0 Å². The van der Waals surface area contributed by atoms with E-state index in [0.29, 0.717) is 12.0 Å². The second-order valence-electron chi connectivity index (χ2n) is 6.94. The Morgan fingerprint density at radius 2 is 1.80 bits per heavy atom. The summed E-state index contributed by atoms with van der Waals surface area (Å²) in [5.41, 5.74) is 1.68. The van der Waals surface area contributed by atoms with Gasteiger partial charge in [0.15, 0.2) is 5.78 Å². The topological polar surface area (TPSA) is 42.3 Å². The maximum absolute atomic E-state index is 12.3. The van der Waals surface area contributed by atoms with Gasteiger partial charge in [0, 0.05) is 18.5 Å². The van der Waals surface area contributed by atoms with Crippen LogP contribution in [0, 0.1) is 0 Å². The molecule has 0 saturated carbocycles. The second-order valence-corrected chi connectivity index (χ2v) is 7.93. The number of thiazole rings is 1. The van der Waals surface area contributed by atoms with Crippen LogP contribution in [0.2, 0.25) is 0 Å². The Hall–Kier alpha value is -1.46. The second kappa shape index (κ2) is 8.77. The lowest BCUT2D eigenvalue weighted by atomic mass is 10.1. The van der Waals surface area contributed by atoms with E-state index in [4.69, 9.17) is 0 Å². The first-order chi connectivity index (χ1) is 12.2. The zero-order valence-electron chi connectivity index (χ0n) is 15.1. The van der Waals surface area contributed by atoms with Crippen LogP contribution in [0.5, 0.6) is 0 Å². The van der Waals surface area contributed by atoms with E-state index in [1.165, 1.54) is 50.1 Å². The van der Waals surface area contributed by atoms with E-state index in [1.807, 2.05) is 29.7 Å². The molecule has 1 aromatic heterocycles. The Kier molecular flexibility index (Phi) is 6.43. The Balaban J connectivity index is 1.60. The number of ketones is 1. The number of benzene rings is 1. The molecule has 0 unspecified atom stereocenters. The largest absolute Gasteiger partial charge is 0.308 e. The van der Waals surface area contributed by atoms with Crippen molar-refractivity contribution in [2.45, 2.75) is 58.4 Å². The molecule has 0 aliphatic carbocycles. The average molecular weight is 361 g/mol. The van der Waals surface area contributed by atoms with Crippen molar-refractivity contribution in [2.24, 2.45) is 0 Å². The number of carbonyl (C=O) groups is 1. The predicted octanol–water partition coefficient (Wildman–Crippen LogP) is 4.31. The fraction of sp³-hybridized carbons (Fsp3) is 0.600. The van der Waals surface area contributed by atoms with E-state index in [0.717, 1.165) is 36.1 Å². The molecule has 2 aromatic rings. The lowest BCUT2D eigenvalue weighted by molar-refractivity contribution is 0.0988. The maximum Gasteiger partial charge on any atom is 0.308 e. The molecule has 2 heterocycles. The number of nitrogens with zero attached hydrogens (tertiary/aromatic N) is 2. The van der Waals surface area contributed by atoms with Crippen molar-refractivity contribution in [3.8, 4) is 0 Å². The van der Waals surface area contributed by atoms with Crippen LogP contribution < -0.4 is 4.87 Å². The standard InChI is InChI=1S/C20H28N2O2S/c1-2-18(23)16-9-10-17-19(15-16)25-20(24)22(17)14-8-7-13-21-11-5-3-4-6-12-21/h9-10,15H,2-8,11-14H2,1H3. The summed E-state index contributed by atoms with van der Waals surface area (Å²) < 4.78 is 2.81. The van der Waals surface area contributed by atoms with E-state index in [1.54, 1.807) is 0 Å². The minimum absolute atomic E-state index is 0.0888. The van der Waals surface area contributed by atoms with Gasteiger partial charge in [0.05, 0.1) is 10.2 Å². The smallest absolute Gasteiger partial charge is 0.303 e. The number of aryl methyl sites for hydroxylation is 1. The van der Waals surface area contributed by atoms with E-state index >= 15 is 0 Å². The van der Waals surface area contributed by atoms with E-state index < -0.39 is 0 Å². The highest BCUT2D eigenvalue weighted by Gasteiger charge is 2.12. The zero-order chi connectivity index (χ0) is 17.6. The minimum atomic E-state index is 0.0888. The number of likely N-dealkylation sites (tertiary alicyclic amines) is 1. The molecule has 0 bridgehead atoms. The number of hydrogen-bond donors (Lipinski definition) is 0. The van der Waals surface area contributed by atoms with Gasteiger partial charge >= 0.3 is 4.87 Å². The molecule has 0 atom stereocenters. The predicted molar refractivity (Wildman–Crippen MR) is 105 cm³/mol. The van der Waals surface area contributed by atoms with Crippen LogP contribution in [-0.2, 0) is 6.54 Å². The van der Waals surface area contributed by atoms with Gasteiger partial charge in [-0.3, -0.25) is 14.2 Å². The number of carbonyl (C=O) groups excluding carboxylic acids is 1. The van der Waals surface area contributed by atoms with Crippen molar-refractivity contribution in [2.75, 3.05) is 19.6 Å². The number of fused-ring (bicyclic) bond motifs is 1. The first-order valence-corrected chi connectivity index (χ1v) is 10.4. The first kappa shape index (κ1) is 18.3. The van der Waals surface area contributed by atoms with Crippen LogP contribution in [0.15, 0.2) is 23.0 Å². The molecule has 25 heavy (non-hydrogen) atoms. The normalized spacial score (nSPS) is 16.2. The van der Waals surface area contributed by atoms with Gasteiger partial charge < -0.3 is 4.90 Å². The van der Waals surface area contributed by atoms with Gasteiger partial charge in [-0.25, -0.2) is 0 Å². The molecule has 1 aliphatic heterocycles.